The topological polar surface area (TPSA) is 67.1 Å². The van der Waals surface area contributed by atoms with Crippen LogP contribution in [0.4, 0.5) is 0 Å². The summed E-state index contributed by atoms with van der Waals surface area (Å²) in [4.78, 5) is 4.75. The van der Waals surface area contributed by atoms with Gasteiger partial charge < -0.3 is 15.2 Å². The van der Waals surface area contributed by atoms with Crippen LogP contribution in [0.15, 0.2) is 4.99 Å². The van der Waals surface area contributed by atoms with Crippen molar-refractivity contribution in [2.24, 2.45) is 12.0 Å². The maximum absolute atomic E-state index is 4.75. The molecule has 2 rings (SSSR count). The van der Waals surface area contributed by atoms with Crippen molar-refractivity contribution in [2.75, 3.05) is 6.54 Å². The zero-order chi connectivity index (χ0) is 17.2. The molecule has 0 amide bonds. The number of aliphatic imine (C=N–C) groups is 1. The van der Waals surface area contributed by atoms with Gasteiger partial charge in [0, 0.05) is 19.6 Å². The molecule has 25 heavy (non-hydrogen) atoms. The lowest BCUT2D eigenvalue weighted by molar-refractivity contribution is 0.409. The highest BCUT2D eigenvalue weighted by molar-refractivity contribution is 14.0. The third-order valence-corrected chi connectivity index (χ3v) is 4.83. The second-order valence-corrected chi connectivity index (χ2v) is 6.85. The van der Waals surface area contributed by atoms with E-state index in [4.69, 9.17) is 4.99 Å². The highest BCUT2D eigenvalue weighted by Gasteiger charge is 2.14. The summed E-state index contributed by atoms with van der Waals surface area (Å²) in [5, 5.41) is 15.4. The Hall–Kier alpha value is -0.860. The molecule has 1 heterocycles. The van der Waals surface area contributed by atoms with Crippen LogP contribution in [-0.4, -0.2) is 33.3 Å². The van der Waals surface area contributed by atoms with Gasteiger partial charge in [0.2, 0.25) is 0 Å². The van der Waals surface area contributed by atoms with E-state index in [2.05, 4.69) is 27.8 Å². The molecule has 0 bridgehead atoms. The van der Waals surface area contributed by atoms with Gasteiger partial charge in [0.05, 0.1) is 0 Å². The van der Waals surface area contributed by atoms with Crippen molar-refractivity contribution >= 4 is 29.9 Å². The maximum Gasteiger partial charge on any atom is 0.191 e. The van der Waals surface area contributed by atoms with Crippen molar-refractivity contribution < 1.29 is 0 Å². The molecule has 0 unspecified atom stereocenters. The molecule has 1 fully saturated rings. The van der Waals surface area contributed by atoms with Gasteiger partial charge in [-0.25, -0.2) is 4.99 Å². The third kappa shape index (κ3) is 7.92. The Morgan fingerprint density at radius 2 is 1.92 bits per heavy atom. The third-order valence-electron chi connectivity index (χ3n) is 4.83. The van der Waals surface area contributed by atoms with Crippen LogP contribution >= 0.6 is 24.0 Å². The van der Waals surface area contributed by atoms with Gasteiger partial charge in [0.15, 0.2) is 11.8 Å². The highest BCUT2D eigenvalue weighted by atomic mass is 127. The lowest BCUT2D eigenvalue weighted by atomic mass is 9.96. The summed E-state index contributed by atoms with van der Waals surface area (Å²) >= 11 is 0. The van der Waals surface area contributed by atoms with E-state index in [1.54, 1.807) is 0 Å². The Morgan fingerprint density at radius 3 is 2.56 bits per heavy atom. The zero-order valence-corrected chi connectivity index (χ0v) is 18.4. The van der Waals surface area contributed by atoms with Gasteiger partial charge in [-0.05, 0) is 26.2 Å². The Bertz CT molecular complexity index is 508. The smallest absolute Gasteiger partial charge is 0.191 e. The quantitative estimate of drug-likeness (QED) is 0.268. The van der Waals surface area contributed by atoms with Crippen LogP contribution in [0.3, 0.4) is 0 Å². The van der Waals surface area contributed by atoms with Crippen LogP contribution in [0.5, 0.6) is 0 Å². The summed E-state index contributed by atoms with van der Waals surface area (Å²) in [7, 11) is 1.99. The first-order valence-electron chi connectivity index (χ1n) is 9.60. The molecule has 0 radical (unpaired) electrons. The normalized spacial score (nSPS) is 15.7. The van der Waals surface area contributed by atoms with Gasteiger partial charge >= 0.3 is 0 Å². The fourth-order valence-corrected chi connectivity index (χ4v) is 3.09. The molecule has 0 aromatic carbocycles. The number of nitrogens with one attached hydrogen (secondary N) is 2. The van der Waals surface area contributed by atoms with E-state index in [1.165, 1.54) is 57.8 Å². The molecular weight excluding hydrogens is 427 g/mol. The van der Waals surface area contributed by atoms with Crippen LogP contribution in [0.25, 0.3) is 0 Å². The molecule has 0 saturated heterocycles. The molecule has 7 heteroatoms. The van der Waals surface area contributed by atoms with Crippen molar-refractivity contribution in [2.45, 2.75) is 84.2 Å². The highest BCUT2D eigenvalue weighted by Crippen LogP contribution is 2.17. The molecule has 1 aliphatic rings. The molecule has 0 spiro atoms. The van der Waals surface area contributed by atoms with E-state index < -0.39 is 0 Å². The number of aromatic nitrogens is 3. The summed E-state index contributed by atoms with van der Waals surface area (Å²) in [6.45, 7) is 5.76. The fourth-order valence-electron chi connectivity index (χ4n) is 3.09. The Kier molecular flexibility index (Phi) is 11.1. The summed E-state index contributed by atoms with van der Waals surface area (Å²) in [5.74, 6) is 2.76. The van der Waals surface area contributed by atoms with E-state index in [9.17, 15) is 0 Å². The van der Waals surface area contributed by atoms with Crippen LogP contribution in [0, 0.1) is 6.92 Å². The Balaban J connectivity index is 0.00000312. The van der Waals surface area contributed by atoms with Crippen molar-refractivity contribution in [1.82, 2.24) is 25.4 Å². The van der Waals surface area contributed by atoms with Crippen LogP contribution < -0.4 is 10.6 Å². The predicted molar refractivity (Wildman–Crippen MR) is 114 cm³/mol. The zero-order valence-electron chi connectivity index (χ0n) is 16.1. The molecule has 1 aromatic heterocycles. The van der Waals surface area contributed by atoms with Crippen LogP contribution in [0.2, 0.25) is 0 Å². The molecule has 1 saturated carbocycles. The van der Waals surface area contributed by atoms with Crippen molar-refractivity contribution in [3.05, 3.63) is 11.6 Å². The van der Waals surface area contributed by atoms with E-state index in [0.29, 0.717) is 12.6 Å². The largest absolute Gasteiger partial charge is 0.356 e. The predicted octanol–water partition coefficient (Wildman–Crippen LogP) is 3.69. The summed E-state index contributed by atoms with van der Waals surface area (Å²) in [6.07, 6.45) is 11.6. The summed E-state index contributed by atoms with van der Waals surface area (Å²) < 4.78 is 2.00. The number of hydrogen-bond donors (Lipinski definition) is 2. The van der Waals surface area contributed by atoms with E-state index >= 15 is 0 Å². The van der Waals surface area contributed by atoms with Gasteiger partial charge in [-0.15, -0.1) is 34.2 Å². The molecular formula is C18H35IN6. The lowest BCUT2D eigenvalue weighted by Crippen LogP contribution is -2.44. The molecule has 1 aromatic rings. The number of rotatable bonds is 8. The maximum atomic E-state index is 4.75. The first-order chi connectivity index (χ1) is 11.7. The average molecular weight is 462 g/mol. The SMILES string of the molecule is CCCCCCNC(=NCc1nnc(C)n1C)NC1CCCCC1.I. The van der Waals surface area contributed by atoms with Gasteiger partial charge in [-0.2, -0.15) is 0 Å². The number of aryl methyl sites for hydroxylation is 1. The first-order valence-corrected chi connectivity index (χ1v) is 9.60. The molecule has 1 aliphatic carbocycles. The van der Waals surface area contributed by atoms with Gasteiger partial charge in [-0.1, -0.05) is 45.4 Å². The number of guanidine groups is 1. The second-order valence-electron chi connectivity index (χ2n) is 6.85. The van der Waals surface area contributed by atoms with E-state index in [-0.39, 0.29) is 24.0 Å². The molecule has 0 atom stereocenters. The van der Waals surface area contributed by atoms with Crippen LogP contribution in [-0.2, 0) is 13.6 Å². The van der Waals surface area contributed by atoms with Crippen molar-refractivity contribution in [3.63, 3.8) is 0 Å². The molecule has 6 nitrogen and oxygen atoms in total. The fraction of sp³-hybridized carbons (Fsp3) is 0.833. The summed E-state index contributed by atoms with van der Waals surface area (Å²) in [6, 6.07) is 0.557. The standard InChI is InChI=1S/C18H34N6.HI/c1-4-5-6-10-13-19-18(21-16-11-8-7-9-12-16)20-14-17-23-22-15(2)24(17)3;/h16H,4-14H2,1-3H3,(H2,19,20,21);1H. The van der Waals surface area contributed by atoms with Crippen LogP contribution in [0.1, 0.15) is 76.4 Å². The number of hydrogen-bond acceptors (Lipinski definition) is 3. The summed E-state index contributed by atoms with van der Waals surface area (Å²) in [5.41, 5.74) is 0. The molecule has 0 aliphatic heterocycles. The van der Waals surface area contributed by atoms with Crippen molar-refractivity contribution in [1.29, 1.82) is 0 Å². The van der Waals surface area contributed by atoms with Gasteiger partial charge in [0.25, 0.3) is 0 Å². The van der Waals surface area contributed by atoms with E-state index in [1.807, 2.05) is 18.5 Å². The minimum absolute atomic E-state index is 0. The lowest BCUT2D eigenvalue weighted by Gasteiger charge is -2.25. The Morgan fingerprint density at radius 1 is 1.16 bits per heavy atom. The molecule has 2 N–H and O–H groups in total. The molecule has 144 valence electrons. The Labute approximate surface area is 169 Å². The van der Waals surface area contributed by atoms with Crippen molar-refractivity contribution in [3.8, 4) is 0 Å². The van der Waals surface area contributed by atoms with Gasteiger partial charge in [-0.3, -0.25) is 0 Å². The minimum atomic E-state index is 0. The number of halogens is 1. The van der Waals surface area contributed by atoms with Gasteiger partial charge in [0.1, 0.15) is 12.4 Å². The second kappa shape index (κ2) is 12.5. The average Bonchev–Trinajstić information content (AvgIpc) is 2.92. The minimum Gasteiger partial charge on any atom is -0.356 e. The number of unbranched alkanes of at least 4 members (excludes halogenated alkanes) is 3. The number of nitrogens with zero attached hydrogens (tertiary/aromatic N) is 4. The van der Waals surface area contributed by atoms with E-state index in [0.717, 1.165) is 24.2 Å². The first kappa shape index (κ1) is 22.2. The monoisotopic (exact) mass is 462 g/mol.